The molecule has 30 heavy (non-hydrogen) atoms. The zero-order chi connectivity index (χ0) is 20.1. The molecular formula is C21H21N5O2S2. The highest BCUT2D eigenvalue weighted by molar-refractivity contribution is 7.19. The zero-order valence-corrected chi connectivity index (χ0v) is 17.9. The number of aromatic nitrogens is 3. The molecule has 0 spiro atoms. The van der Waals surface area contributed by atoms with Crippen molar-refractivity contribution in [2.45, 2.75) is 19.3 Å². The fourth-order valence-electron chi connectivity index (χ4n) is 4.43. The fourth-order valence-corrected chi connectivity index (χ4v) is 6.35. The Bertz CT molecular complexity index is 1240. The molecule has 1 aliphatic carbocycles. The predicted octanol–water partition coefficient (Wildman–Crippen LogP) is 3.94. The molecule has 7 nitrogen and oxygen atoms in total. The van der Waals surface area contributed by atoms with Crippen molar-refractivity contribution in [1.29, 1.82) is 0 Å². The summed E-state index contributed by atoms with van der Waals surface area (Å²) >= 11 is 3.34. The van der Waals surface area contributed by atoms with Gasteiger partial charge in [0.1, 0.15) is 17.0 Å². The molecule has 2 aliphatic rings. The quantitative estimate of drug-likeness (QED) is 0.505. The van der Waals surface area contributed by atoms with Crippen LogP contribution in [0.5, 0.6) is 0 Å². The molecule has 4 aromatic rings. The van der Waals surface area contributed by atoms with Crippen LogP contribution in [0.1, 0.15) is 16.9 Å². The second-order valence-corrected chi connectivity index (χ2v) is 9.76. The third-order valence-corrected chi connectivity index (χ3v) is 8.07. The van der Waals surface area contributed by atoms with Crippen molar-refractivity contribution in [2.75, 3.05) is 31.6 Å². The smallest absolute Gasteiger partial charge is 0.226 e. The van der Waals surface area contributed by atoms with Crippen molar-refractivity contribution in [3.63, 3.8) is 0 Å². The average Bonchev–Trinajstić information content (AvgIpc) is 3.14. The van der Waals surface area contributed by atoms with E-state index in [0.717, 1.165) is 41.0 Å². The first-order valence-electron chi connectivity index (χ1n) is 10.2. The van der Waals surface area contributed by atoms with Crippen LogP contribution in [0.4, 0.5) is 11.5 Å². The molecule has 1 aromatic carbocycles. The van der Waals surface area contributed by atoms with E-state index in [2.05, 4.69) is 37.9 Å². The number of carbonyl (C=O) groups excluding carboxylic acids is 1. The van der Waals surface area contributed by atoms with E-state index in [-0.39, 0.29) is 11.8 Å². The minimum atomic E-state index is 0.0607. The summed E-state index contributed by atoms with van der Waals surface area (Å²) in [6.45, 7) is 2.72. The summed E-state index contributed by atoms with van der Waals surface area (Å²) in [6, 6.07) is 6.28. The first-order chi connectivity index (χ1) is 14.8. The molecule has 3 aromatic heterocycles. The van der Waals surface area contributed by atoms with Crippen LogP contribution >= 0.6 is 22.9 Å². The normalized spacial score (nSPS) is 19.3. The first kappa shape index (κ1) is 18.3. The standard InChI is InChI=1S/C21H21N5O2S2/c27-21(26-5-7-28-8-6-26)12-1-3-14-16(9-12)29-20-18(14)19(22-11-23-20)24-13-2-4-15-17(10-13)30-25-15/h2,4,10-12,25H,1,3,5-9H2,(H,22,23,24)/t12-/m0/s1. The van der Waals surface area contributed by atoms with E-state index in [1.54, 1.807) is 29.2 Å². The van der Waals surface area contributed by atoms with Crippen molar-refractivity contribution < 1.29 is 9.53 Å². The van der Waals surface area contributed by atoms with Gasteiger partial charge in [-0.25, -0.2) is 9.97 Å². The summed E-state index contributed by atoms with van der Waals surface area (Å²) in [5.74, 6) is 1.19. The zero-order valence-electron chi connectivity index (χ0n) is 16.3. The Kier molecular flexibility index (Phi) is 4.47. The van der Waals surface area contributed by atoms with E-state index >= 15 is 0 Å². The van der Waals surface area contributed by atoms with Gasteiger partial charge in [0.25, 0.3) is 0 Å². The number of amides is 1. The summed E-state index contributed by atoms with van der Waals surface area (Å²) in [6.07, 6.45) is 4.19. The summed E-state index contributed by atoms with van der Waals surface area (Å²) in [5, 5.41) is 4.61. The van der Waals surface area contributed by atoms with Gasteiger partial charge in [0.15, 0.2) is 0 Å². The van der Waals surface area contributed by atoms with Crippen molar-refractivity contribution in [2.24, 2.45) is 5.92 Å². The molecule has 1 aliphatic heterocycles. The number of carbonyl (C=O) groups is 1. The largest absolute Gasteiger partial charge is 0.378 e. The molecule has 1 amide bonds. The van der Waals surface area contributed by atoms with Gasteiger partial charge in [0, 0.05) is 29.6 Å². The third-order valence-electron chi connectivity index (χ3n) is 6.03. The maximum absolute atomic E-state index is 13.0. The lowest BCUT2D eigenvalue weighted by Gasteiger charge is -2.31. The molecule has 0 radical (unpaired) electrons. The molecule has 0 bridgehead atoms. The van der Waals surface area contributed by atoms with Gasteiger partial charge in [-0.3, -0.25) is 4.79 Å². The van der Waals surface area contributed by atoms with Crippen LogP contribution in [0.25, 0.3) is 20.4 Å². The number of ether oxygens (including phenoxy) is 1. The third kappa shape index (κ3) is 3.08. The average molecular weight is 440 g/mol. The number of hydrogen-bond donors (Lipinski definition) is 2. The molecule has 0 unspecified atom stereocenters. The predicted molar refractivity (Wildman–Crippen MR) is 120 cm³/mol. The lowest BCUT2D eigenvalue weighted by atomic mass is 9.86. The van der Waals surface area contributed by atoms with Crippen LogP contribution in [0.15, 0.2) is 24.5 Å². The van der Waals surface area contributed by atoms with Crippen LogP contribution < -0.4 is 5.32 Å². The highest BCUT2D eigenvalue weighted by Gasteiger charge is 2.32. The van der Waals surface area contributed by atoms with Crippen LogP contribution in [-0.4, -0.2) is 51.5 Å². The molecule has 9 heteroatoms. The van der Waals surface area contributed by atoms with E-state index in [1.165, 1.54) is 20.7 Å². The van der Waals surface area contributed by atoms with E-state index < -0.39 is 0 Å². The monoisotopic (exact) mass is 439 g/mol. The molecule has 2 N–H and O–H groups in total. The second-order valence-electron chi connectivity index (χ2n) is 7.82. The Morgan fingerprint density at radius 1 is 1.27 bits per heavy atom. The molecule has 4 heterocycles. The number of nitrogens with zero attached hydrogens (tertiary/aromatic N) is 3. The van der Waals surface area contributed by atoms with Crippen molar-refractivity contribution >= 4 is 60.7 Å². The van der Waals surface area contributed by atoms with Crippen LogP contribution in [0.3, 0.4) is 0 Å². The topological polar surface area (TPSA) is 83.1 Å². The van der Waals surface area contributed by atoms with Gasteiger partial charge in [0.2, 0.25) is 5.91 Å². The number of fused-ring (bicyclic) bond motifs is 4. The number of aromatic amines is 1. The number of rotatable bonds is 3. The minimum Gasteiger partial charge on any atom is -0.378 e. The number of morpholine rings is 1. The molecule has 1 fully saturated rings. The van der Waals surface area contributed by atoms with Crippen molar-refractivity contribution in [3.8, 4) is 0 Å². The Morgan fingerprint density at radius 3 is 2.97 bits per heavy atom. The molecule has 1 saturated heterocycles. The summed E-state index contributed by atoms with van der Waals surface area (Å²) in [5.41, 5.74) is 3.50. The van der Waals surface area contributed by atoms with Gasteiger partial charge < -0.3 is 19.3 Å². The lowest BCUT2D eigenvalue weighted by Crippen LogP contribution is -2.44. The van der Waals surface area contributed by atoms with Gasteiger partial charge in [-0.2, -0.15) is 0 Å². The highest BCUT2D eigenvalue weighted by atomic mass is 32.1. The van der Waals surface area contributed by atoms with Gasteiger partial charge >= 0.3 is 0 Å². The van der Waals surface area contributed by atoms with Gasteiger partial charge in [-0.1, -0.05) is 11.5 Å². The number of nitrogens with one attached hydrogen (secondary N) is 2. The molecule has 1 atom stereocenters. The Morgan fingerprint density at radius 2 is 2.17 bits per heavy atom. The number of benzene rings is 1. The van der Waals surface area contributed by atoms with Crippen LogP contribution in [0.2, 0.25) is 0 Å². The van der Waals surface area contributed by atoms with E-state index in [9.17, 15) is 4.79 Å². The van der Waals surface area contributed by atoms with Crippen LogP contribution in [-0.2, 0) is 22.4 Å². The fraction of sp³-hybridized carbons (Fsp3) is 0.381. The molecule has 154 valence electrons. The maximum atomic E-state index is 13.0. The summed E-state index contributed by atoms with van der Waals surface area (Å²) in [7, 11) is 0. The number of thiophene rings is 1. The van der Waals surface area contributed by atoms with E-state index in [0.29, 0.717) is 26.3 Å². The number of anilines is 2. The van der Waals surface area contributed by atoms with Crippen molar-refractivity contribution in [3.05, 3.63) is 35.0 Å². The summed E-state index contributed by atoms with van der Waals surface area (Å²) < 4.78 is 9.84. The SMILES string of the molecule is O=C([C@H]1CCc2c(sc3ncnc(Nc4ccc5[nH]sc5c4)c23)C1)N1CCOCC1. The highest BCUT2D eigenvalue weighted by Crippen LogP contribution is 2.41. The van der Waals surface area contributed by atoms with E-state index in [1.807, 2.05) is 4.90 Å². The van der Waals surface area contributed by atoms with Gasteiger partial charge in [-0.15, -0.1) is 11.3 Å². The lowest BCUT2D eigenvalue weighted by molar-refractivity contribution is -0.140. The Labute approximate surface area is 181 Å². The van der Waals surface area contributed by atoms with Crippen molar-refractivity contribution in [1.82, 2.24) is 19.2 Å². The molecule has 0 saturated carbocycles. The van der Waals surface area contributed by atoms with Gasteiger partial charge in [0.05, 0.1) is 28.8 Å². The van der Waals surface area contributed by atoms with Gasteiger partial charge in [-0.05, 0) is 43.0 Å². The Hall–Kier alpha value is -2.49. The number of H-pyrrole nitrogens is 1. The first-order valence-corrected chi connectivity index (χ1v) is 11.9. The summed E-state index contributed by atoms with van der Waals surface area (Å²) in [4.78, 5) is 26.3. The molecular weight excluding hydrogens is 418 g/mol. The van der Waals surface area contributed by atoms with Crippen LogP contribution in [0, 0.1) is 5.92 Å². The van der Waals surface area contributed by atoms with E-state index in [4.69, 9.17) is 4.74 Å². The Balaban J connectivity index is 1.29. The number of aryl methyl sites for hydroxylation is 1. The molecule has 6 rings (SSSR count). The second kappa shape index (κ2) is 7.33. The number of hydrogen-bond acceptors (Lipinski definition) is 7. The maximum Gasteiger partial charge on any atom is 0.226 e. The minimum absolute atomic E-state index is 0.0607.